The molecule has 34 heavy (non-hydrogen) atoms. The van der Waals surface area contributed by atoms with Gasteiger partial charge in [0.2, 0.25) is 4.96 Å². The first-order valence-corrected chi connectivity index (χ1v) is 11.5. The molecule has 9 heteroatoms. The Morgan fingerprint density at radius 2 is 1.68 bits per heavy atom. The summed E-state index contributed by atoms with van der Waals surface area (Å²) < 4.78 is 14.9. The zero-order chi connectivity index (χ0) is 23.4. The summed E-state index contributed by atoms with van der Waals surface area (Å²) in [6.45, 7) is 0.259. The summed E-state index contributed by atoms with van der Waals surface area (Å²) in [5.74, 6) is -0.217. The molecule has 0 fully saturated rings. The Balaban J connectivity index is 1.48. The van der Waals surface area contributed by atoms with Gasteiger partial charge in [-0.15, -0.1) is 5.10 Å². The van der Waals surface area contributed by atoms with E-state index in [4.69, 9.17) is 11.6 Å². The quantitative estimate of drug-likeness (QED) is 0.384. The number of nitrogens with zero attached hydrogens (tertiary/aromatic N) is 4. The zero-order valence-electron chi connectivity index (χ0n) is 17.4. The Kier molecular flexibility index (Phi) is 4.79. The maximum atomic E-state index is 13.5. The third-order valence-electron chi connectivity index (χ3n) is 5.66. The lowest BCUT2D eigenvalue weighted by Crippen LogP contribution is -2.32. The van der Waals surface area contributed by atoms with Gasteiger partial charge in [-0.1, -0.05) is 53.3 Å². The molecule has 0 bridgehead atoms. The van der Waals surface area contributed by atoms with E-state index in [1.165, 1.54) is 16.6 Å². The molecule has 166 valence electrons. The van der Waals surface area contributed by atoms with E-state index < -0.39 is 5.56 Å². The van der Waals surface area contributed by atoms with Crippen LogP contribution in [-0.4, -0.2) is 20.5 Å². The van der Waals surface area contributed by atoms with Gasteiger partial charge in [-0.25, -0.2) is 4.39 Å². The molecule has 3 aromatic carbocycles. The molecule has 0 radical (unpaired) electrons. The van der Waals surface area contributed by atoms with Crippen LogP contribution in [0.3, 0.4) is 0 Å². The number of fused-ring (bicyclic) bond motifs is 2. The van der Waals surface area contributed by atoms with Crippen molar-refractivity contribution in [2.24, 2.45) is 0 Å². The summed E-state index contributed by atoms with van der Waals surface area (Å²) in [6.07, 6.45) is 0. The first-order valence-electron chi connectivity index (χ1n) is 10.3. The van der Waals surface area contributed by atoms with Gasteiger partial charge in [-0.2, -0.15) is 9.50 Å². The Morgan fingerprint density at radius 1 is 0.941 bits per heavy atom. The number of amides is 1. The van der Waals surface area contributed by atoms with Crippen molar-refractivity contribution in [1.29, 1.82) is 0 Å². The number of carbonyl (C=O) groups excluding carboxylic acids is 1. The molecule has 5 aromatic rings. The molecular formula is C25H14ClFN4O2S. The van der Waals surface area contributed by atoms with Gasteiger partial charge in [0.05, 0.1) is 17.8 Å². The van der Waals surface area contributed by atoms with Gasteiger partial charge in [-0.05, 0) is 48.0 Å². The number of hydrogen-bond donors (Lipinski definition) is 0. The van der Waals surface area contributed by atoms with Crippen LogP contribution in [0.4, 0.5) is 10.1 Å². The molecule has 0 unspecified atom stereocenters. The van der Waals surface area contributed by atoms with Crippen LogP contribution < -0.4 is 15.0 Å². The molecule has 0 N–H and O–H groups in total. The van der Waals surface area contributed by atoms with E-state index in [0.29, 0.717) is 32.6 Å². The van der Waals surface area contributed by atoms with Gasteiger partial charge in [0.1, 0.15) is 10.3 Å². The Bertz CT molecular complexity index is 1690. The standard InChI is InChI=1S/C25H14ClFN4O2S/c26-16-9-7-15(8-10-16)22-28-25-31(29-22)24(33)21(34-25)20-18-3-1-2-4-19(18)30(23(20)32)13-14-5-11-17(27)12-6-14/h1-12H,13H2. The minimum atomic E-state index is -0.394. The zero-order valence-corrected chi connectivity index (χ0v) is 19.0. The maximum Gasteiger partial charge on any atom is 0.291 e. The SMILES string of the molecule is O=C1C(=c2sc3nc(-c4ccc(Cl)cc4)nn3c2=O)c2ccccc2N1Cc1ccc(F)cc1. The highest BCUT2D eigenvalue weighted by Gasteiger charge is 2.34. The number of rotatable bonds is 3. The highest BCUT2D eigenvalue weighted by atomic mass is 35.5. The second-order valence-corrected chi connectivity index (χ2v) is 9.20. The lowest BCUT2D eigenvalue weighted by molar-refractivity contribution is -0.113. The van der Waals surface area contributed by atoms with Crippen LogP contribution in [0.25, 0.3) is 21.9 Å². The number of carbonyl (C=O) groups is 1. The Labute approximate surface area is 201 Å². The third-order valence-corrected chi connectivity index (χ3v) is 6.95. The van der Waals surface area contributed by atoms with Gasteiger partial charge in [0, 0.05) is 16.1 Å². The predicted octanol–water partition coefficient (Wildman–Crippen LogP) is 4.08. The van der Waals surface area contributed by atoms with Crippen LogP contribution in [0.2, 0.25) is 5.02 Å². The molecule has 6 rings (SSSR count). The fourth-order valence-electron chi connectivity index (χ4n) is 4.04. The average molecular weight is 489 g/mol. The molecule has 0 saturated carbocycles. The average Bonchev–Trinajstić information content (AvgIpc) is 3.47. The smallest absolute Gasteiger partial charge is 0.291 e. The molecule has 3 heterocycles. The summed E-state index contributed by atoms with van der Waals surface area (Å²) in [7, 11) is 0. The van der Waals surface area contributed by atoms with E-state index in [1.807, 2.05) is 24.3 Å². The number of anilines is 1. The summed E-state index contributed by atoms with van der Waals surface area (Å²) >= 11 is 7.08. The molecule has 0 saturated heterocycles. The topological polar surface area (TPSA) is 67.6 Å². The number of halogens is 2. The van der Waals surface area contributed by atoms with Crippen molar-refractivity contribution in [3.05, 3.63) is 110 Å². The summed E-state index contributed by atoms with van der Waals surface area (Å²) in [5.41, 5.74) is 2.83. The lowest BCUT2D eigenvalue weighted by atomic mass is 10.1. The van der Waals surface area contributed by atoms with Gasteiger partial charge in [-0.3, -0.25) is 9.59 Å². The highest BCUT2D eigenvalue weighted by Crippen LogP contribution is 2.36. The fraction of sp³-hybridized carbons (Fsp3) is 0.0400. The van der Waals surface area contributed by atoms with Crippen molar-refractivity contribution in [2.75, 3.05) is 4.90 Å². The van der Waals surface area contributed by atoms with Crippen LogP contribution in [0.15, 0.2) is 77.6 Å². The Hall–Kier alpha value is -3.88. The second kappa shape index (κ2) is 7.86. The fourth-order valence-corrected chi connectivity index (χ4v) is 5.16. The molecular weight excluding hydrogens is 475 g/mol. The molecule has 0 atom stereocenters. The van der Waals surface area contributed by atoms with Crippen molar-refractivity contribution >= 4 is 45.1 Å². The van der Waals surface area contributed by atoms with E-state index >= 15 is 0 Å². The van der Waals surface area contributed by atoms with E-state index in [2.05, 4.69) is 10.1 Å². The van der Waals surface area contributed by atoms with Gasteiger partial charge >= 0.3 is 0 Å². The van der Waals surface area contributed by atoms with E-state index in [1.54, 1.807) is 41.3 Å². The van der Waals surface area contributed by atoms with Gasteiger partial charge in [0.25, 0.3) is 11.5 Å². The number of para-hydroxylation sites is 1. The Morgan fingerprint density at radius 3 is 2.41 bits per heavy atom. The highest BCUT2D eigenvalue weighted by molar-refractivity contribution is 7.15. The van der Waals surface area contributed by atoms with Crippen molar-refractivity contribution in [3.63, 3.8) is 0 Å². The van der Waals surface area contributed by atoms with Crippen LogP contribution in [0.1, 0.15) is 11.1 Å². The summed E-state index contributed by atoms with van der Waals surface area (Å²) in [5, 5.41) is 4.96. The maximum absolute atomic E-state index is 13.5. The van der Waals surface area contributed by atoms with Gasteiger partial charge in [0.15, 0.2) is 5.82 Å². The van der Waals surface area contributed by atoms with Crippen LogP contribution in [0.5, 0.6) is 0 Å². The van der Waals surface area contributed by atoms with Crippen LogP contribution in [-0.2, 0) is 11.3 Å². The number of benzene rings is 3. The molecule has 1 aliphatic heterocycles. The first-order chi connectivity index (χ1) is 16.5. The van der Waals surface area contributed by atoms with Crippen LogP contribution in [0, 0.1) is 5.82 Å². The van der Waals surface area contributed by atoms with Crippen LogP contribution >= 0.6 is 22.9 Å². The first kappa shape index (κ1) is 20.7. The second-order valence-electron chi connectivity index (χ2n) is 7.78. The molecule has 1 aliphatic rings. The molecule has 0 spiro atoms. The van der Waals surface area contributed by atoms with Crippen molar-refractivity contribution in [3.8, 4) is 11.4 Å². The lowest BCUT2D eigenvalue weighted by Gasteiger charge is -2.17. The van der Waals surface area contributed by atoms with E-state index in [9.17, 15) is 14.0 Å². The van der Waals surface area contributed by atoms with Crippen molar-refractivity contribution < 1.29 is 9.18 Å². The van der Waals surface area contributed by atoms with Gasteiger partial charge < -0.3 is 4.90 Å². The molecule has 1 amide bonds. The molecule has 0 aliphatic carbocycles. The summed E-state index contributed by atoms with van der Waals surface area (Å²) in [4.78, 5) is 33.3. The number of hydrogen-bond acceptors (Lipinski definition) is 5. The largest absolute Gasteiger partial charge is 0.303 e. The number of thiazole rings is 1. The molecule has 6 nitrogen and oxygen atoms in total. The molecule has 2 aromatic heterocycles. The number of aromatic nitrogens is 3. The monoisotopic (exact) mass is 488 g/mol. The predicted molar refractivity (Wildman–Crippen MR) is 129 cm³/mol. The minimum Gasteiger partial charge on any atom is -0.303 e. The minimum absolute atomic E-state index is 0.259. The van der Waals surface area contributed by atoms with E-state index in [-0.39, 0.29) is 22.8 Å². The van der Waals surface area contributed by atoms with Crippen molar-refractivity contribution in [2.45, 2.75) is 6.54 Å². The normalized spacial score (nSPS) is 14.8. The van der Waals surface area contributed by atoms with Crippen molar-refractivity contribution in [1.82, 2.24) is 14.6 Å². The third kappa shape index (κ3) is 3.30. The summed E-state index contributed by atoms with van der Waals surface area (Å²) in [6, 6.07) is 20.4. The van der Waals surface area contributed by atoms with E-state index in [0.717, 1.165) is 22.5 Å².